The van der Waals surface area contributed by atoms with Gasteiger partial charge in [0.05, 0.1) is 16.8 Å². The fourth-order valence-electron chi connectivity index (χ4n) is 2.94. The van der Waals surface area contributed by atoms with Crippen molar-refractivity contribution in [3.05, 3.63) is 47.1 Å². The van der Waals surface area contributed by atoms with Gasteiger partial charge in [-0.2, -0.15) is 0 Å². The number of nitrogens with zero attached hydrogens (tertiary/aromatic N) is 2. The molecule has 1 aromatic carbocycles. The lowest BCUT2D eigenvalue weighted by molar-refractivity contribution is 0.601. The molecule has 0 aliphatic carbocycles. The Morgan fingerprint density at radius 3 is 2.40 bits per heavy atom. The van der Waals surface area contributed by atoms with Crippen LogP contribution >= 0.6 is 11.6 Å². The molecule has 0 amide bonds. The number of hydrogen-bond donors (Lipinski definition) is 1. The van der Waals surface area contributed by atoms with Crippen LogP contribution in [0, 0.1) is 6.92 Å². The zero-order chi connectivity index (χ0) is 17.9. The van der Waals surface area contributed by atoms with Gasteiger partial charge in [-0.25, -0.2) is 13.4 Å². The number of halogens is 1. The third-order valence-electron chi connectivity index (χ3n) is 4.40. The molecular weight excluding hydrogens is 358 g/mol. The van der Waals surface area contributed by atoms with E-state index in [2.05, 4.69) is 14.6 Å². The monoisotopic (exact) mass is 379 g/mol. The lowest BCUT2D eigenvalue weighted by atomic mass is 10.2. The van der Waals surface area contributed by atoms with E-state index in [1.807, 2.05) is 6.07 Å². The van der Waals surface area contributed by atoms with E-state index in [1.165, 1.54) is 31.7 Å². The van der Waals surface area contributed by atoms with Gasteiger partial charge in [-0.1, -0.05) is 24.4 Å². The third kappa shape index (κ3) is 4.44. The van der Waals surface area contributed by atoms with E-state index in [4.69, 9.17) is 11.6 Å². The van der Waals surface area contributed by atoms with Crippen LogP contribution in [0.15, 0.2) is 41.4 Å². The van der Waals surface area contributed by atoms with Crippen LogP contribution in [0.4, 0.5) is 11.5 Å². The van der Waals surface area contributed by atoms with Crippen molar-refractivity contribution >= 4 is 33.1 Å². The van der Waals surface area contributed by atoms with Crippen LogP contribution in [0.2, 0.25) is 5.02 Å². The molecule has 0 unspecified atom stereocenters. The maximum Gasteiger partial charge on any atom is 0.263 e. The maximum atomic E-state index is 12.5. The highest BCUT2D eigenvalue weighted by atomic mass is 35.5. The Morgan fingerprint density at radius 1 is 1.08 bits per heavy atom. The van der Waals surface area contributed by atoms with Gasteiger partial charge in [0.1, 0.15) is 5.82 Å². The van der Waals surface area contributed by atoms with Crippen LogP contribution in [-0.2, 0) is 10.0 Å². The Hall–Kier alpha value is -1.79. The number of hydrogen-bond acceptors (Lipinski definition) is 4. The van der Waals surface area contributed by atoms with Gasteiger partial charge in [-0.05, 0) is 55.7 Å². The molecule has 0 saturated carbocycles. The third-order valence-corrected chi connectivity index (χ3v) is 6.17. The summed E-state index contributed by atoms with van der Waals surface area (Å²) in [4.78, 5) is 6.76. The number of nitrogens with one attached hydrogen (secondary N) is 1. The molecule has 1 N–H and O–H groups in total. The molecule has 7 heteroatoms. The van der Waals surface area contributed by atoms with Gasteiger partial charge >= 0.3 is 0 Å². The van der Waals surface area contributed by atoms with E-state index in [-0.39, 0.29) is 4.90 Å². The summed E-state index contributed by atoms with van der Waals surface area (Å²) in [5, 5.41) is 0.541. The van der Waals surface area contributed by atoms with E-state index in [0.29, 0.717) is 16.4 Å². The Bertz CT molecular complexity index is 830. The smallest absolute Gasteiger partial charge is 0.263 e. The van der Waals surface area contributed by atoms with Crippen molar-refractivity contribution < 1.29 is 8.42 Å². The molecule has 134 valence electrons. The Balaban J connectivity index is 1.74. The zero-order valence-electron chi connectivity index (χ0n) is 14.2. The summed E-state index contributed by atoms with van der Waals surface area (Å²) in [5.41, 5.74) is 1.75. The predicted molar refractivity (Wildman–Crippen MR) is 102 cm³/mol. The summed E-state index contributed by atoms with van der Waals surface area (Å²) in [5.74, 6) is 0.311. The molecule has 1 saturated heterocycles. The highest BCUT2D eigenvalue weighted by Crippen LogP contribution is 2.23. The minimum atomic E-state index is -3.68. The summed E-state index contributed by atoms with van der Waals surface area (Å²) in [6.45, 7) is 3.82. The quantitative estimate of drug-likeness (QED) is 0.863. The maximum absolute atomic E-state index is 12.5. The number of rotatable bonds is 4. The fraction of sp³-hybridized carbons (Fsp3) is 0.389. The number of sulfonamides is 1. The second-order valence-corrected chi connectivity index (χ2v) is 8.41. The van der Waals surface area contributed by atoms with Gasteiger partial charge in [0, 0.05) is 18.1 Å². The molecular formula is C18H22ClN3O2S. The molecule has 0 bridgehead atoms. The van der Waals surface area contributed by atoms with E-state index < -0.39 is 10.0 Å². The van der Waals surface area contributed by atoms with E-state index in [9.17, 15) is 8.42 Å². The van der Waals surface area contributed by atoms with Crippen LogP contribution in [0.1, 0.15) is 31.2 Å². The molecule has 25 heavy (non-hydrogen) atoms. The molecule has 0 atom stereocenters. The topological polar surface area (TPSA) is 62.3 Å². The van der Waals surface area contributed by atoms with Gasteiger partial charge < -0.3 is 4.90 Å². The highest BCUT2D eigenvalue weighted by Gasteiger charge is 2.16. The molecule has 5 nitrogen and oxygen atoms in total. The van der Waals surface area contributed by atoms with Crippen molar-refractivity contribution in [2.24, 2.45) is 0 Å². The molecule has 0 spiro atoms. The second-order valence-electron chi connectivity index (χ2n) is 6.32. The molecule has 2 aromatic rings. The molecule has 2 heterocycles. The number of anilines is 2. The van der Waals surface area contributed by atoms with Gasteiger partial charge in [-0.3, -0.25) is 4.72 Å². The minimum absolute atomic E-state index is 0.174. The van der Waals surface area contributed by atoms with Gasteiger partial charge in [0.25, 0.3) is 10.0 Å². The van der Waals surface area contributed by atoms with Gasteiger partial charge in [-0.15, -0.1) is 0 Å². The average molecular weight is 380 g/mol. The molecule has 1 aliphatic heterocycles. The van der Waals surface area contributed by atoms with Crippen molar-refractivity contribution in [2.45, 2.75) is 37.5 Å². The van der Waals surface area contributed by atoms with E-state index >= 15 is 0 Å². The van der Waals surface area contributed by atoms with Crippen LogP contribution in [0.3, 0.4) is 0 Å². The lowest BCUT2D eigenvalue weighted by Crippen LogP contribution is -2.24. The predicted octanol–water partition coefficient (Wildman–Crippen LogP) is 4.22. The molecule has 3 rings (SSSR count). The molecule has 1 aliphatic rings. The molecule has 1 aromatic heterocycles. The first-order valence-corrected chi connectivity index (χ1v) is 10.3. The standard InChI is InChI=1S/C18H22ClN3O2S/c1-14-12-16(7-8-17(14)19)25(23,24)21-18-9-6-15(13-20-18)22-10-4-2-3-5-11-22/h6-9,12-13H,2-5,10-11H2,1H3,(H,20,21). The summed E-state index contributed by atoms with van der Waals surface area (Å²) in [6.07, 6.45) is 6.63. The van der Waals surface area contributed by atoms with E-state index in [0.717, 1.165) is 18.8 Å². The fourth-order valence-corrected chi connectivity index (χ4v) is 4.15. The van der Waals surface area contributed by atoms with Gasteiger partial charge in [0.2, 0.25) is 0 Å². The molecule has 1 fully saturated rings. The van der Waals surface area contributed by atoms with Crippen LogP contribution in [0.5, 0.6) is 0 Å². The first-order valence-electron chi connectivity index (χ1n) is 8.46. The Labute approximate surface area is 154 Å². The van der Waals surface area contributed by atoms with Crippen molar-refractivity contribution in [1.82, 2.24) is 4.98 Å². The SMILES string of the molecule is Cc1cc(S(=O)(=O)Nc2ccc(N3CCCCCC3)cn2)ccc1Cl. The largest absolute Gasteiger partial charge is 0.370 e. The number of pyridine rings is 1. The first-order chi connectivity index (χ1) is 12.0. The zero-order valence-corrected chi connectivity index (χ0v) is 15.8. The number of aryl methyl sites for hydroxylation is 1. The average Bonchev–Trinajstić information content (AvgIpc) is 2.87. The van der Waals surface area contributed by atoms with Crippen LogP contribution in [-0.4, -0.2) is 26.5 Å². The normalized spacial score (nSPS) is 15.7. The van der Waals surface area contributed by atoms with Crippen molar-refractivity contribution in [3.63, 3.8) is 0 Å². The summed E-state index contributed by atoms with van der Waals surface area (Å²) >= 11 is 5.96. The van der Waals surface area contributed by atoms with E-state index in [1.54, 1.807) is 31.3 Å². The van der Waals surface area contributed by atoms with Crippen LogP contribution in [0.25, 0.3) is 0 Å². The van der Waals surface area contributed by atoms with Crippen molar-refractivity contribution in [3.8, 4) is 0 Å². The number of aromatic nitrogens is 1. The summed E-state index contributed by atoms with van der Waals surface area (Å²) in [7, 11) is -3.68. The second kappa shape index (κ2) is 7.62. The lowest BCUT2D eigenvalue weighted by Gasteiger charge is -2.22. The summed E-state index contributed by atoms with van der Waals surface area (Å²) in [6, 6.07) is 8.25. The summed E-state index contributed by atoms with van der Waals surface area (Å²) < 4.78 is 27.5. The molecule has 0 radical (unpaired) electrons. The Kier molecular flexibility index (Phi) is 5.49. The Morgan fingerprint density at radius 2 is 1.80 bits per heavy atom. The van der Waals surface area contributed by atoms with Crippen molar-refractivity contribution in [2.75, 3.05) is 22.7 Å². The highest BCUT2D eigenvalue weighted by molar-refractivity contribution is 7.92. The first kappa shape index (κ1) is 18.0. The number of benzene rings is 1. The minimum Gasteiger partial charge on any atom is -0.370 e. The van der Waals surface area contributed by atoms with Crippen molar-refractivity contribution in [1.29, 1.82) is 0 Å². The van der Waals surface area contributed by atoms with Gasteiger partial charge in [0.15, 0.2) is 0 Å². The van der Waals surface area contributed by atoms with Crippen LogP contribution < -0.4 is 9.62 Å².